The van der Waals surface area contributed by atoms with Gasteiger partial charge < -0.3 is 29.4 Å². The van der Waals surface area contributed by atoms with Crippen LogP contribution in [0.4, 0.5) is 11.5 Å². The van der Waals surface area contributed by atoms with E-state index in [1.807, 2.05) is 20.8 Å². The quantitative estimate of drug-likeness (QED) is 0.301. The lowest BCUT2D eigenvalue weighted by Crippen LogP contribution is -2.50. The van der Waals surface area contributed by atoms with Gasteiger partial charge in [0, 0.05) is 36.2 Å². The number of ether oxygens (including phenoxy) is 3. The van der Waals surface area contributed by atoms with Crippen molar-refractivity contribution in [1.29, 1.82) is 0 Å². The largest absolute Gasteiger partial charge is 0.497 e. The van der Waals surface area contributed by atoms with Crippen LogP contribution in [-0.2, 0) is 14.4 Å². The van der Waals surface area contributed by atoms with Crippen LogP contribution in [0.5, 0.6) is 17.2 Å². The number of hydrogen-bond acceptors (Lipinski definition) is 8. The Morgan fingerprint density at radius 2 is 1.63 bits per heavy atom. The van der Waals surface area contributed by atoms with Gasteiger partial charge >= 0.3 is 0 Å². The number of nitrogens with one attached hydrogen (secondary N) is 2. The zero-order valence-electron chi connectivity index (χ0n) is 24.6. The number of rotatable bonds is 13. The number of anilines is 2. The predicted octanol–water partition coefficient (Wildman–Crippen LogP) is 4.81. The van der Waals surface area contributed by atoms with Crippen LogP contribution >= 0.6 is 0 Å². The number of carbonyl (C=O) groups is 3. The summed E-state index contributed by atoms with van der Waals surface area (Å²) in [4.78, 5) is 42.0. The summed E-state index contributed by atoms with van der Waals surface area (Å²) in [5.74, 6) is 0.991. The molecule has 2 N–H and O–H groups in total. The standard InChI is InChI=1S/C30H38N4O7/c1-8-30(3,4)32-29(37)28(20-9-12-22(38-5)13-10-20)34(21-11-14-23(39-6)24(18-21)40-7)27(36)16-15-26(35)31-25-17-19(2)41-33-25/h9-14,17-18,28H,8,15-16H2,1-7H3,(H,32,37)(H,31,33,35)/t28-/m0/s1. The summed E-state index contributed by atoms with van der Waals surface area (Å²) < 4.78 is 21.2. The number of benzene rings is 2. The first-order valence-electron chi connectivity index (χ1n) is 13.2. The molecule has 11 nitrogen and oxygen atoms in total. The molecule has 3 aromatic rings. The first-order valence-corrected chi connectivity index (χ1v) is 13.2. The molecule has 0 saturated carbocycles. The van der Waals surface area contributed by atoms with E-state index >= 15 is 0 Å². The van der Waals surface area contributed by atoms with Crippen molar-refractivity contribution in [2.24, 2.45) is 0 Å². The van der Waals surface area contributed by atoms with E-state index in [1.54, 1.807) is 62.6 Å². The number of aryl methyl sites for hydroxylation is 1. The molecule has 0 aliphatic heterocycles. The third-order valence-electron chi connectivity index (χ3n) is 6.66. The Bertz CT molecular complexity index is 1350. The zero-order chi connectivity index (χ0) is 30.2. The highest BCUT2D eigenvalue weighted by atomic mass is 16.5. The first-order chi connectivity index (χ1) is 19.5. The van der Waals surface area contributed by atoms with E-state index in [-0.39, 0.29) is 24.6 Å². The molecule has 0 radical (unpaired) electrons. The van der Waals surface area contributed by atoms with Crippen molar-refractivity contribution in [2.45, 2.75) is 58.5 Å². The van der Waals surface area contributed by atoms with Gasteiger partial charge in [0.25, 0.3) is 0 Å². The molecule has 3 rings (SSSR count). The molecule has 220 valence electrons. The zero-order valence-corrected chi connectivity index (χ0v) is 24.6. The number of amides is 3. The van der Waals surface area contributed by atoms with Crippen LogP contribution < -0.4 is 29.7 Å². The van der Waals surface area contributed by atoms with Gasteiger partial charge in [-0.15, -0.1) is 0 Å². The molecule has 0 fully saturated rings. The minimum atomic E-state index is -1.07. The van der Waals surface area contributed by atoms with Crippen LogP contribution in [0.3, 0.4) is 0 Å². The lowest BCUT2D eigenvalue weighted by Gasteiger charge is -2.35. The number of methoxy groups -OCH3 is 3. The van der Waals surface area contributed by atoms with Gasteiger partial charge in [-0.3, -0.25) is 19.3 Å². The van der Waals surface area contributed by atoms with E-state index in [9.17, 15) is 14.4 Å². The van der Waals surface area contributed by atoms with Gasteiger partial charge in [0.05, 0.1) is 21.3 Å². The van der Waals surface area contributed by atoms with Crippen LogP contribution in [0.15, 0.2) is 53.1 Å². The van der Waals surface area contributed by atoms with Crippen LogP contribution in [0.25, 0.3) is 0 Å². The number of nitrogens with zero attached hydrogens (tertiary/aromatic N) is 2. The molecule has 2 aromatic carbocycles. The second-order valence-electron chi connectivity index (χ2n) is 10.1. The molecule has 1 atom stereocenters. The topological polar surface area (TPSA) is 132 Å². The minimum absolute atomic E-state index is 0.147. The summed E-state index contributed by atoms with van der Waals surface area (Å²) in [6.07, 6.45) is 0.333. The van der Waals surface area contributed by atoms with Crippen LogP contribution in [0.1, 0.15) is 57.4 Å². The maximum Gasteiger partial charge on any atom is 0.248 e. The SMILES string of the molecule is CCC(C)(C)NC(=O)[C@H](c1ccc(OC)cc1)N(C(=O)CCC(=O)Nc1cc(C)on1)c1ccc(OC)c(OC)c1. The van der Waals surface area contributed by atoms with Gasteiger partial charge in [0.1, 0.15) is 17.6 Å². The average molecular weight is 567 g/mol. The van der Waals surface area contributed by atoms with Crippen molar-refractivity contribution in [2.75, 3.05) is 31.5 Å². The molecule has 41 heavy (non-hydrogen) atoms. The van der Waals surface area contributed by atoms with E-state index in [2.05, 4.69) is 15.8 Å². The average Bonchev–Trinajstić information content (AvgIpc) is 3.37. The highest BCUT2D eigenvalue weighted by molar-refractivity contribution is 6.03. The van der Waals surface area contributed by atoms with Crippen LogP contribution in [-0.4, -0.2) is 49.7 Å². The van der Waals surface area contributed by atoms with E-state index in [1.165, 1.54) is 19.1 Å². The molecule has 0 bridgehead atoms. The van der Waals surface area contributed by atoms with E-state index < -0.39 is 23.4 Å². The predicted molar refractivity (Wildman–Crippen MR) is 154 cm³/mol. The number of hydrogen-bond donors (Lipinski definition) is 2. The Morgan fingerprint density at radius 1 is 0.951 bits per heavy atom. The third-order valence-corrected chi connectivity index (χ3v) is 6.66. The van der Waals surface area contributed by atoms with Crippen molar-refractivity contribution in [3.05, 3.63) is 59.9 Å². The summed E-state index contributed by atoms with van der Waals surface area (Å²) in [5, 5.41) is 9.45. The second kappa shape index (κ2) is 13.7. The molecule has 0 unspecified atom stereocenters. The highest BCUT2D eigenvalue weighted by Gasteiger charge is 2.35. The lowest BCUT2D eigenvalue weighted by atomic mass is 9.97. The van der Waals surface area contributed by atoms with Crippen molar-refractivity contribution in [3.63, 3.8) is 0 Å². The maximum atomic E-state index is 14.0. The lowest BCUT2D eigenvalue weighted by molar-refractivity contribution is -0.128. The van der Waals surface area contributed by atoms with E-state index in [4.69, 9.17) is 18.7 Å². The molecule has 1 heterocycles. The van der Waals surface area contributed by atoms with Gasteiger partial charge in [-0.25, -0.2) is 0 Å². The molecule has 0 saturated heterocycles. The Morgan fingerprint density at radius 3 is 2.20 bits per heavy atom. The van der Waals surface area contributed by atoms with Crippen molar-refractivity contribution < 1.29 is 33.1 Å². The Kier molecular flexibility index (Phi) is 10.3. The third kappa shape index (κ3) is 8.00. The normalized spacial score (nSPS) is 11.8. The summed E-state index contributed by atoms with van der Waals surface area (Å²) in [6, 6.07) is 12.4. The Balaban J connectivity index is 2.05. The van der Waals surface area contributed by atoms with Gasteiger partial charge in [-0.05, 0) is 57.0 Å². The minimum Gasteiger partial charge on any atom is -0.497 e. The fourth-order valence-corrected chi connectivity index (χ4v) is 4.08. The van der Waals surface area contributed by atoms with Crippen LogP contribution in [0.2, 0.25) is 0 Å². The fraction of sp³-hybridized carbons (Fsp3) is 0.400. The van der Waals surface area contributed by atoms with Crippen molar-refractivity contribution in [3.8, 4) is 17.2 Å². The Hall–Kier alpha value is -4.54. The van der Waals surface area contributed by atoms with Crippen molar-refractivity contribution in [1.82, 2.24) is 10.5 Å². The molecule has 3 amide bonds. The van der Waals surface area contributed by atoms with E-state index in [0.29, 0.717) is 40.7 Å². The van der Waals surface area contributed by atoms with Crippen molar-refractivity contribution >= 4 is 29.2 Å². The molecular weight excluding hydrogens is 528 g/mol. The van der Waals surface area contributed by atoms with Gasteiger partial charge in [-0.2, -0.15) is 0 Å². The molecule has 1 aromatic heterocycles. The summed E-state index contributed by atoms with van der Waals surface area (Å²) in [5.41, 5.74) is 0.412. The summed E-state index contributed by atoms with van der Waals surface area (Å²) >= 11 is 0. The Labute approximate surface area is 240 Å². The number of aromatic nitrogens is 1. The molecular formula is C30H38N4O7. The van der Waals surface area contributed by atoms with Gasteiger partial charge in [-0.1, -0.05) is 24.2 Å². The van der Waals surface area contributed by atoms with Crippen LogP contribution in [0, 0.1) is 6.92 Å². The van der Waals surface area contributed by atoms with Gasteiger partial charge in [0.2, 0.25) is 17.7 Å². The molecule has 0 aliphatic carbocycles. The summed E-state index contributed by atoms with van der Waals surface area (Å²) in [6.45, 7) is 7.50. The van der Waals surface area contributed by atoms with E-state index in [0.717, 1.165) is 0 Å². The number of carbonyl (C=O) groups excluding carboxylic acids is 3. The first kappa shape index (κ1) is 31.0. The fourth-order valence-electron chi connectivity index (χ4n) is 4.08. The van der Waals surface area contributed by atoms with Gasteiger partial charge in [0.15, 0.2) is 17.3 Å². The maximum absolute atomic E-state index is 14.0. The molecule has 0 spiro atoms. The monoisotopic (exact) mass is 566 g/mol. The molecule has 11 heteroatoms. The molecule has 0 aliphatic rings. The smallest absolute Gasteiger partial charge is 0.248 e. The summed E-state index contributed by atoms with van der Waals surface area (Å²) in [7, 11) is 4.55. The second-order valence-corrected chi connectivity index (χ2v) is 10.1. The highest BCUT2D eigenvalue weighted by Crippen LogP contribution is 2.36.